The average molecular weight is 209 g/mol. The van der Waals surface area contributed by atoms with Crippen LogP contribution in [0, 0.1) is 5.92 Å². The number of methoxy groups -OCH3 is 1. The molecule has 0 radical (unpaired) electrons. The number of hydrogen-bond acceptors (Lipinski definition) is 4. The molecule has 0 fully saturated rings. The van der Waals surface area contributed by atoms with Gasteiger partial charge in [0.1, 0.15) is 5.75 Å². The molecule has 3 N–H and O–H groups in total. The molecule has 2 atom stereocenters. The predicted molar refractivity (Wildman–Crippen MR) is 60.3 cm³/mol. The van der Waals surface area contributed by atoms with Crippen LogP contribution in [0.4, 0.5) is 0 Å². The minimum Gasteiger partial charge on any atom is -0.495 e. The summed E-state index contributed by atoms with van der Waals surface area (Å²) >= 11 is 0. The summed E-state index contributed by atoms with van der Waals surface area (Å²) in [6.07, 6.45) is 4.57. The number of pyridine rings is 1. The van der Waals surface area contributed by atoms with E-state index in [1.165, 1.54) is 0 Å². The standard InChI is InChI=1S/C11H19N3O/c1-4-8(2)11(14-12)9-5-10(15-3)7-13-6-9/h5-8,11,14H,4,12H2,1-3H3. The second-order valence-corrected chi connectivity index (χ2v) is 3.69. The second kappa shape index (κ2) is 5.68. The van der Waals surface area contributed by atoms with Gasteiger partial charge in [-0.3, -0.25) is 16.3 Å². The summed E-state index contributed by atoms with van der Waals surface area (Å²) in [6, 6.07) is 2.08. The summed E-state index contributed by atoms with van der Waals surface area (Å²) in [7, 11) is 1.63. The fourth-order valence-corrected chi connectivity index (χ4v) is 1.54. The first-order chi connectivity index (χ1) is 7.22. The number of aromatic nitrogens is 1. The molecule has 1 aromatic heterocycles. The Morgan fingerprint density at radius 2 is 2.27 bits per heavy atom. The predicted octanol–water partition coefficient (Wildman–Crippen LogP) is 1.64. The van der Waals surface area contributed by atoms with Gasteiger partial charge in [0.2, 0.25) is 0 Å². The van der Waals surface area contributed by atoms with Crippen LogP contribution in [0.1, 0.15) is 31.9 Å². The molecule has 0 aliphatic carbocycles. The van der Waals surface area contributed by atoms with E-state index in [0.29, 0.717) is 5.92 Å². The van der Waals surface area contributed by atoms with Gasteiger partial charge < -0.3 is 4.74 Å². The van der Waals surface area contributed by atoms with Gasteiger partial charge in [-0.05, 0) is 17.5 Å². The first kappa shape index (κ1) is 11.9. The van der Waals surface area contributed by atoms with Gasteiger partial charge in [0.25, 0.3) is 0 Å². The fourth-order valence-electron chi connectivity index (χ4n) is 1.54. The van der Waals surface area contributed by atoms with Crippen LogP contribution in [0.5, 0.6) is 5.75 Å². The van der Waals surface area contributed by atoms with Crippen molar-refractivity contribution in [1.29, 1.82) is 0 Å². The lowest BCUT2D eigenvalue weighted by atomic mass is 9.94. The molecular formula is C11H19N3O. The van der Waals surface area contributed by atoms with Crippen molar-refractivity contribution in [2.24, 2.45) is 11.8 Å². The van der Waals surface area contributed by atoms with E-state index >= 15 is 0 Å². The maximum absolute atomic E-state index is 5.55. The minimum absolute atomic E-state index is 0.123. The van der Waals surface area contributed by atoms with Gasteiger partial charge >= 0.3 is 0 Å². The largest absolute Gasteiger partial charge is 0.495 e. The summed E-state index contributed by atoms with van der Waals surface area (Å²) in [6.45, 7) is 4.30. The SMILES string of the molecule is CCC(C)C(NN)c1cncc(OC)c1. The topological polar surface area (TPSA) is 60.2 Å². The van der Waals surface area contributed by atoms with Gasteiger partial charge in [0, 0.05) is 6.20 Å². The van der Waals surface area contributed by atoms with Crippen molar-refractivity contribution in [2.45, 2.75) is 26.3 Å². The zero-order chi connectivity index (χ0) is 11.3. The molecule has 0 saturated heterocycles. The van der Waals surface area contributed by atoms with Gasteiger partial charge in [0.05, 0.1) is 19.3 Å². The normalized spacial score (nSPS) is 14.7. The third-order valence-corrected chi connectivity index (χ3v) is 2.72. The van der Waals surface area contributed by atoms with E-state index in [0.717, 1.165) is 17.7 Å². The van der Waals surface area contributed by atoms with Crippen molar-refractivity contribution in [3.05, 3.63) is 24.0 Å². The molecule has 0 aromatic carbocycles. The Morgan fingerprint density at radius 3 is 2.80 bits per heavy atom. The Bertz CT molecular complexity index is 304. The molecular weight excluding hydrogens is 190 g/mol. The molecule has 2 unspecified atom stereocenters. The molecule has 0 aliphatic heterocycles. The van der Waals surface area contributed by atoms with Crippen LogP contribution < -0.4 is 16.0 Å². The van der Waals surface area contributed by atoms with Crippen LogP contribution >= 0.6 is 0 Å². The Morgan fingerprint density at radius 1 is 1.53 bits per heavy atom. The summed E-state index contributed by atoms with van der Waals surface area (Å²) < 4.78 is 5.13. The van der Waals surface area contributed by atoms with Gasteiger partial charge in [-0.1, -0.05) is 20.3 Å². The van der Waals surface area contributed by atoms with Crippen molar-refractivity contribution in [2.75, 3.05) is 7.11 Å². The molecule has 1 rings (SSSR count). The van der Waals surface area contributed by atoms with Crippen molar-refractivity contribution < 1.29 is 4.74 Å². The van der Waals surface area contributed by atoms with Crippen LogP contribution in [0.25, 0.3) is 0 Å². The number of nitrogens with one attached hydrogen (secondary N) is 1. The third-order valence-electron chi connectivity index (χ3n) is 2.72. The van der Waals surface area contributed by atoms with E-state index in [2.05, 4.69) is 24.3 Å². The lowest BCUT2D eigenvalue weighted by molar-refractivity contribution is 0.376. The van der Waals surface area contributed by atoms with E-state index in [1.807, 2.05) is 12.3 Å². The van der Waals surface area contributed by atoms with Crippen LogP contribution in [0.3, 0.4) is 0 Å². The highest BCUT2D eigenvalue weighted by Gasteiger charge is 2.17. The average Bonchev–Trinajstić information content (AvgIpc) is 2.30. The first-order valence-corrected chi connectivity index (χ1v) is 5.18. The Balaban J connectivity index is 2.91. The van der Waals surface area contributed by atoms with E-state index in [1.54, 1.807) is 13.3 Å². The lowest BCUT2D eigenvalue weighted by Gasteiger charge is -2.22. The zero-order valence-electron chi connectivity index (χ0n) is 9.53. The molecule has 84 valence electrons. The van der Waals surface area contributed by atoms with Crippen LogP contribution in [0.15, 0.2) is 18.5 Å². The molecule has 15 heavy (non-hydrogen) atoms. The summed E-state index contributed by atoms with van der Waals surface area (Å²) in [5, 5.41) is 0. The van der Waals surface area contributed by atoms with Crippen LogP contribution in [-0.2, 0) is 0 Å². The van der Waals surface area contributed by atoms with E-state index < -0.39 is 0 Å². The van der Waals surface area contributed by atoms with Gasteiger partial charge in [-0.25, -0.2) is 0 Å². The highest BCUT2D eigenvalue weighted by Crippen LogP contribution is 2.25. The number of nitrogens with two attached hydrogens (primary N) is 1. The third kappa shape index (κ3) is 2.91. The quantitative estimate of drug-likeness (QED) is 0.571. The molecule has 0 spiro atoms. The molecule has 0 saturated carbocycles. The molecule has 1 aromatic rings. The smallest absolute Gasteiger partial charge is 0.137 e. The second-order valence-electron chi connectivity index (χ2n) is 3.69. The van der Waals surface area contributed by atoms with Crippen molar-refractivity contribution in [3.63, 3.8) is 0 Å². The summed E-state index contributed by atoms with van der Waals surface area (Å²) in [5.41, 5.74) is 3.89. The highest BCUT2D eigenvalue weighted by molar-refractivity contribution is 5.26. The van der Waals surface area contributed by atoms with Crippen LogP contribution in [0.2, 0.25) is 0 Å². The monoisotopic (exact) mass is 209 g/mol. The number of ether oxygens (including phenoxy) is 1. The molecule has 0 amide bonds. The molecule has 4 heteroatoms. The maximum atomic E-state index is 5.55. The summed E-state index contributed by atoms with van der Waals surface area (Å²) in [5.74, 6) is 6.78. The van der Waals surface area contributed by atoms with Gasteiger partial charge in [-0.2, -0.15) is 0 Å². The lowest BCUT2D eigenvalue weighted by Crippen LogP contribution is -2.32. The zero-order valence-corrected chi connectivity index (χ0v) is 9.53. The van der Waals surface area contributed by atoms with Crippen molar-refractivity contribution in [1.82, 2.24) is 10.4 Å². The molecule has 0 bridgehead atoms. The van der Waals surface area contributed by atoms with E-state index in [4.69, 9.17) is 10.6 Å². The van der Waals surface area contributed by atoms with E-state index in [9.17, 15) is 0 Å². The molecule has 4 nitrogen and oxygen atoms in total. The fraction of sp³-hybridized carbons (Fsp3) is 0.545. The van der Waals surface area contributed by atoms with Gasteiger partial charge in [0.15, 0.2) is 0 Å². The number of rotatable bonds is 5. The van der Waals surface area contributed by atoms with Crippen molar-refractivity contribution in [3.8, 4) is 5.75 Å². The highest BCUT2D eigenvalue weighted by atomic mass is 16.5. The number of hydrazine groups is 1. The molecule has 0 aliphatic rings. The minimum atomic E-state index is 0.123. The summed E-state index contributed by atoms with van der Waals surface area (Å²) in [4.78, 5) is 4.12. The first-order valence-electron chi connectivity index (χ1n) is 5.18. The Kier molecular flexibility index (Phi) is 4.52. The van der Waals surface area contributed by atoms with E-state index in [-0.39, 0.29) is 6.04 Å². The molecule has 1 heterocycles. The number of hydrogen-bond donors (Lipinski definition) is 2. The van der Waals surface area contributed by atoms with Gasteiger partial charge in [-0.15, -0.1) is 0 Å². The maximum Gasteiger partial charge on any atom is 0.137 e. The Labute approximate surface area is 90.8 Å². The Hall–Kier alpha value is -1.13. The van der Waals surface area contributed by atoms with Crippen molar-refractivity contribution >= 4 is 0 Å². The van der Waals surface area contributed by atoms with Crippen LogP contribution in [-0.4, -0.2) is 12.1 Å². The number of nitrogens with zero attached hydrogens (tertiary/aromatic N) is 1.